The number of aromatic nitrogens is 1. The monoisotopic (exact) mass is 524 g/mol. The number of aryl methyl sites for hydroxylation is 1. The highest BCUT2D eigenvalue weighted by atomic mass is 16.6. The zero-order valence-corrected chi connectivity index (χ0v) is 22.5. The Bertz CT molecular complexity index is 1560. The van der Waals surface area contributed by atoms with E-state index in [-0.39, 0.29) is 16.8 Å². The van der Waals surface area contributed by atoms with Gasteiger partial charge in [-0.2, -0.15) is 0 Å². The Kier molecular flexibility index (Phi) is 7.95. The number of H-pyrrole nitrogens is 1. The largest absolute Gasteiger partial charge is 0.358 e. The average molecular weight is 525 g/mol. The average Bonchev–Trinajstić information content (AvgIpc) is 3.22. The number of carbonyl (C=O) groups excluding carboxylic acids is 2. The van der Waals surface area contributed by atoms with E-state index >= 15 is 0 Å². The molecular formula is C31H32N4O4. The molecule has 0 atom stereocenters. The van der Waals surface area contributed by atoms with Crippen LogP contribution in [0.15, 0.2) is 78.5 Å². The predicted molar refractivity (Wildman–Crippen MR) is 153 cm³/mol. The third kappa shape index (κ3) is 6.59. The van der Waals surface area contributed by atoms with Crippen LogP contribution in [-0.4, -0.2) is 28.3 Å². The second kappa shape index (κ2) is 11.3. The quantitative estimate of drug-likeness (QED) is 0.153. The van der Waals surface area contributed by atoms with Crippen molar-refractivity contribution in [1.29, 1.82) is 0 Å². The van der Waals surface area contributed by atoms with E-state index in [9.17, 15) is 19.7 Å². The molecule has 0 aliphatic carbocycles. The van der Waals surface area contributed by atoms with E-state index in [1.165, 1.54) is 24.3 Å². The van der Waals surface area contributed by atoms with Crippen molar-refractivity contribution < 1.29 is 14.5 Å². The summed E-state index contributed by atoms with van der Waals surface area (Å²) < 4.78 is 0. The highest BCUT2D eigenvalue weighted by Crippen LogP contribution is 2.23. The fourth-order valence-corrected chi connectivity index (χ4v) is 4.42. The minimum Gasteiger partial charge on any atom is -0.358 e. The van der Waals surface area contributed by atoms with E-state index in [0.717, 1.165) is 27.7 Å². The number of nitrogens with one attached hydrogen (secondary N) is 3. The van der Waals surface area contributed by atoms with Gasteiger partial charge in [-0.3, -0.25) is 19.7 Å². The Hall–Kier alpha value is -4.72. The maximum absolute atomic E-state index is 13.3. The molecule has 0 spiro atoms. The molecule has 39 heavy (non-hydrogen) atoms. The number of nitrogens with zero attached hydrogens (tertiary/aromatic N) is 1. The standard InChI is InChI=1S/C31H32N4O4/c1-20-25(26-10-5-6-11-27(26)33-20)16-17-32-30(37)28(19-21-8-7-9-24(18-21)35(38)39)34-29(36)22-12-14-23(15-13-22)31(2,3)4/h5-15,18-19,33H,16-17H2,1-4H3,(H,32,37)(H,34,36)/b28-19-. The van der Waals surface area contributed by atoms with Gasteiger partial charge in [0.1, 0.15) is 5.70 Å². The molecule has 8 heteroatoms. The number of benzene rings is 3. The van der Waals surface area contributed by atoms with Crippen LogP contribution in [-0.2, 0) is 16.6 Å². The van der Waals surface area contributed by atoms with Gasteiger partial charge in [-0.05, 0) is 59.7 Å². The first-order valence-corrected chi connectivity index (χ1v) is 12.8. The zero-order chi connectivity index (χ0) is 28.2. The Morgan fingerprint density at radius 1 is 1.00 bits per heavy atom. The number of amides is 2. The van der Waals surface area contributed by atoms with E-state index in [1.54, 1.807) is 18.2 Å². The number of carbonyl (C=O) groups is 2. The third-order valence-electron chi connectivity index (χ3n) is 6.59. The minimum atomic E-state index is -0.504. The molecule has 0 unspecified atom stereocenters. The first kappa shape index (κ1) is 27.3. The van der Waals surface area contributed by atoms with Crippen molar-refractivity contribution in [2.45, 2.75) is 39.5 Å². The van der Waals surface area contributed by atoms with E-state index in [0.29, 0.717) is 24.1 Å². The molecule has 1 aromatic heterocycles. The number of rotatable bonds is 8. The van der Waals surface area contributed by atoms with Gasteiger partial charge in [0.05, 0.1) is 4.92 Å². The van der Waals surface area contributed by atoms with Crippen LogP contribution in [0.1, 0.15) is 53.5 Å². The highest BCUT2D eigenvalue weighted by molar-refractivity contribution is 6.05. The molecule has 0 aliphatic rings. The molecular weight excluding hydrogens is 492 g/mol. The van der Waals surface area contributed by atoms with Gasteiger partial charge in [0.25, 0.3) is 17.5 Å². The number of fused-ring (bicyclic) bond motifs is 1. The van der Waals surface area contributed by atoms with Crippen LogP contribution < -0.4 is 10.6 Å². The number of aromatic amines is 1. The first-order valence-electron chi connectivity index (χ1n) is 12.8. The molecule has 0 radical (unpaired) electrons. The van der Waals surface area contributed by atoms with Crippen LogP contribution in [0.3, 0.4) is 0 Å². The highest BCUT2D eigenvalue weighted by Gasteiger charge is 2.18. The summed E-state index contributed by atoms with van der Waals surface area (Å²) in [5.41, 5.74) is 4.90. The summed E-state index contributed by atoms with van der Waals surface area (Å²) in [5, 5.41) is 17.9. The van der Waals surface area contributed by atoms with Gasteiger partial charge in [0, 0.05) is 40.8 Å². The first-order chi connectivity index (χ1) is 18.5. The van der Waals surface area contributed by atoms with Crippen LogP contribution in [0.25, 0.3) is 17.0 Å². The Morgan fingerprint density at radius 3 is 2.41 bits per heavy atom. The van der Waals surface area contributed by atoms with E-state index in [1.807, 2.05) is 43.3 Å². The van der Waals surface area contributed by atoms with Crippen molar-refractivity contribution in [3.8, 4) is 0 Å². The molecule has 0 saturated heterocycles. The third-order valence-corrected chi connectivity index (χ3v) is 6.59. The normalized spacial score (nSPS) is 11.8. The molecule has 0 aliphatic heterocycles. The van der Waals surface area contributed by atoms with Gasteiger partial charge >= 0.3 is 0 Å². The van der Waals surface area contributed by atoms with Crippen molar-refractivity contribution in [2.24, 2.45) is 0 Å². The molecule has 0 fully saturated rings. The summed E-state index contributed by atoms with van der Waals surface area (Å²) >= 11 is 0. The van der Waals surface area contributed by atoms with Gasteiger partial charge in [0.15, 0.2) is 0 Å². The molecule has 8 nitrogen and oxygen atoms in total. The Morgan fingerprint density at radius 2 is 1.72 bits per heavy atom. The van der Waals surface area contributed by atoms with Gasteiger partial charge in [-0.25, -0.2) is 0 Å². The van der Waals surface area contributed by atoms with Crippen molar-refractivity contribution in [2.75, 3.05) is 6.54 Å². The summed E-state index contributed by atoms with van der Waals surface area (Å²) in [6.07, 6.45) is 2.04. The van der Waals surface area contributed by atoms with Crippen LogP contribution in [0.4, 0.5) is 5.69 Å². The van der Waals surface area contributed by atoms with Crippen LogP contribution in [0.5, 0.6) is 0 Å². The fourth-order valence-electron chi connectivity index (χ4n) is 4.42. The lowest BCUT2D eigenvalue weighted by molar-refractivity contribution is -0.384. The van der Waals surface area contributed by atoms with E-state index in [2.05, 4.69) is 36.4 Å². The molecule has 4 aromatic rings. The number of hydrogen-bond acceptors (Lipinski definition) is 4. The predicted octanol–water partition coefficient (Wildman–Crippen LogP) is 5.81. The molecule has 3 aromatic carbocycles. The fraction of sp³-hybridized carbons (Fsp3) is 0.226. The van der Waals surface area contributed by atoms with Crippen molar-refractivity contribution in [3.63, 3.8) is 0 Å². The number of para-hydroxylation sites is 1. The molecule has 1 heterocycles. The van der Waals surface area contributed by atoms with Crippen molar-refractivity contribution in [1.82, 2.24) is 15.6 Å². The van der Waals surface area contributed by atoms with Crippen LogP contribution >= 0.6 is 0 Å². The van der Waals surface area contributed by atoms with Gasteiger partial charge in [-0.1, -0.05) is 63.2 Å². The Balaban J connectivity index is 1.55. The SMILES string of the molecule is Cc1[nH]c2ccccc2c1CCNC(=O)/C(=C/c1cccc([N+](=O)[O-])c1)NC(=O)c1ccc(C(C)(C)C)cc1. The second-order valence-corrected chi connectivity index (χ2v) is 10.5. The summed E-state index contributed by atoms with van der Waals surface area (Å²) in [5.74, 6) is -0.937. The van der Waals surface area contributed by atoms with Crippen LogP contribution in [0, 0.1) is 17.0 Å². The molecule has 4 rings (SSSR count). The molecule has 0 bridgehead atoms. The number of nitro benzene ring substituents is 1. The summed E-state index contributed by atoms with van der Waals surface area (Å²) in [4.78, 5) is 40.4. The van der Waals surface area contributed by atoms with Crippen molar-refractivity contribution in [3.05, 3.63) is 117 Å². The van der Waals surface area contributed by atoms with E-state index < -0.39 is 16.7 Å². The Labute approximate surface area is 227 Å². The summed E-state index contributed by atoms with van der Waals surface area (Å²) in [6, 6.07) is 21.1. The number of nitro groups is 1. The maximum atomic E-state index is 13.3. The topological polar surface area (TPSA) is 117 Å². The van der Waals surface area contributed by atoms with Crippen molar-refractivity contribution >= 4 is 34.5 Å². The van der Waals surface area contributed by atoms with Gasteiger partial charge < -0.3 is 15.6 Å². The summed E-state index contributed by atoms with van der Waals surface area (Å²) in [7, 11) is 0. The van der Waals surface area contributed by atoms with Gasteiger partial charge in [0.2, 0.25) is 0 Å². The number of hydrogen-bond donors (Lipinski definition) is 3. The molecule has 200 valence electrons. The number of non-ortho nitro benzene ring substituents is 1. The lowest BCUT2D eigenvalue weighted by Crippen LogP contribution is -2.35. The maximum Gasteiger partial charge on any atom is 0.270 e. The molecule has 0 saturated carbocycles. The molecule has 2 amide bonds. The smallest absolute Gasteiger partial charge is 0.270 e. The second-order valence-electron chi connectivity index (χ2n) is 10.5. The zero-order valence-electron chi connectivity index (χ0n) is 22.5. The van der Waals surface area contributed by atoms with Gasteiger partial charge in [-0.15, -0.1) is 0 Å². The summed E-state index contributed by atoms with van der Waals surface area (Å²) in [6.45, 7) is 8.60. The minimum absolute atomic E-state index is 0.00366. The van der Waals surface area contributed by atoms with E-state index in [4.69, 9.17) is 0 Å². The molecule has 3 N–H and O–H groups in total. The van der Waals surface area contributed by atoms with Crippen LogP contribution in [0.2, 0.25) is 0 Å². The lowest BCUT2D eigenvalue weighted by Gasteiger charge is -2.19. The lowest BCUT2D eigenvalue weighted by atomic mass is 9.87.